The molecule has 0 radical (unpaired) electrons. The maximum Gasteiger partial charge on any atom is 0.206 e. The summed E-state index contributed by atoms with van der Waals surface area (Å²) >= 11 is 2.92. The van der Waals surface area contributed by atoms with Crippen molar-refractivity contribution in [1.82, 2.24) is 15.2 Å². The van der Waals surface area contributed by atoms with Crippen LogP contribution in [0.5, 0.6) is 0 Å². The van der Waals surface area contributed by atoms with Crippen LogP contribution in [0.2, 0.25) is 0 Å². The lowest BCUT2D eigenvalue weighted by molar-refractivity contribution is 0.102. The van der Waals surface area contributed by atoms with Crippen LogP contribution in [-0.4, -0.2) is 33.3 Å². The van der Waals surface area contributed by atoms with Crippen LogP contribution in [0.15, 0.2) is 34.8 Å². The van der Waals surface area contributed by atoms with E-state index in [4.69, 9.17) is 0 Å². The van der Waals surface area contributed by atoms with Crippen LogP contribution in [0.25, 0.3) is 10.9 Å². The Morgan fingerprint density at radius 3 is 3.09 bits per heavy atom. The van der Waals surface area contributed by atoms with Gasteiger partial charge in [0.05, 0.1) is 5.75 Å². The molecule has 7 heteroatoms. The molecule has 2 N–H and O–H groups in total. The fraction of sp³-hybridized carbons (Fsp3) is 0.267. The Labute approximate surface area is 136 Å². The maximum atomic E-state index is 12.4. The molecule has 0 aliphatic carbocycles. The molecule has 0 aliphatic rings. The van der Waals surface area contributed by atoms with Crippen molar-refractivity contribution in [2.45, 2.75) is 17.7 Å². The summed E-state index contributed by atoms with van der Waals surface area (Å²) in [6.07, 6.45) is 2.82. The molecule has 22 heavy (non-hydrogen) atoms. The molecule has 2 heterocycles. The standard InChI is InChI=1S/C15H16N4OS2/c1-2-7-16-14-18-19-15(22-14)21-9-13(20)11-8-17-12-6-4-3-5-10(11)12/h3-6,8,17H,2,7,9H2,1H3,(H,16,18). The van der Waals surface area contributed by atoms with Crippen LogP contribution in [0.3, 0.4) is 0 Å². The predicted octanol–water partition coefficient (Wildman–Crippen LogP) is 3.82. The number of aromatic amines is 1. The number of benzene rings is 1. The van der Waals surface area contributed by atoms with Crippen LogP contribution in [0.4, 0.5) is 5.13 Å². The molecule has 0 spiro atoms. The number of nitrogens with one attached hydrogen (secondary N) is 2. The summed E-state index contributed by atoms with van der Waals surface area (Å²) in [7, 11) is 0. The Bertz CT molecular complexity index is 781. The van der Waals surface area contributed by atoms with E-state index in [0.29, 0.717) is 5.75 Å². The number of thioether (sulfide) groups is 1. The molecule has 0 amide bonds. The molecule has 0 bridgehead atoms. The highest BCUT2D eigenvalue weighted by Crippen LogP contribution is 2.27. The SMILES string of the molecule is CCCNc1nnc(SCC(=O)c2c[nH]c3ccccc23)s1. The van der Waals surface area contributed by atoms with Gasteiger partial charge in [0, 0.05) is 29.2 Å². The van der Waals surface area contributed by atoms with Gasteiger partial charge in [0.25, 0.3) is 0 Å². The van der Waals surface area contributed by atoms with Gasteiger partial charge in [-0.2, -0.15) is 0 Å². The van der Waals surface area contributed by atoms with Gasteiger partial charge in [-0.3, -0.25) is 4.79 Å². The van der Waals surface area contributed by atoms with Crippen LogP contribution < -0.4 is 5.32 Å². The first-order valence-electron chi connectivity index (χ1n) is 7.07. The van der Waals surface area contributed by atoms with E-state index in [1.165, 1.54) is 23.1 Å². The van der Waals surface area contributed by atoms with Gasteiger partial charge in [-0.05, 0) is 12.5 Å². The molecule has 2 aromatic heterocycles. The van der Waals surface area contributed by atoms with Gasteiger partial charge >= 0.3 is 0 Å². The summed E-state index contributed by atoms with van der Waals surface area (Å²) in [5, 5.41) is 13.1. The smallest absolute Gasteiger partial charge is 0.206 e. The molecule has 5 nitrogen and oxygen atoms in total. The summed E-state index contributed by atoms with van der Waals surface area (Å²) in [6.45, 7) is 2.98. The number of para-hydroxylation sites is 1. The van der Waals surface area contributed by atoms with E-state index in [-0.39, 0.29) is 5.78 Å². The van der Waals surface area contributed by atoms with Crippen molar-refractivity contribution in [2.24, 2.45) is 0 Å². The van der Waals surface area contributed by atoms with Gasteiger partial charge in [-0.25, -0.2) is 0 Å². The van der Waals surface area contributed by atoms with E-state index in [2.05, 4.69) is 27.4 Å². The monoisotopic (exact) mass is 332 g/mol. The molecule has 0 saturated carbocycles. The number of carbonyl (C=O) groups excluding carboxylic acids is 1. The molecule has 0 unspecified atom stereocenters. The third-order valence-electron chi connectivity index (χ3n) is 3.15. The Hall–Kier alpha value is -1.86. The highest BCUT2D eigenvalue weighted by molar-refractivity contribution is 8.01. The fourth-order valence-electron chi connectivity index (χ4n) is 2.08. The van der Waals surface area contributed by atoms with Crippen LogP contribution in [0.1, 0.15) is 23.7 Å². The van der Waals surface area contributed by atoms with Crippen molar-refractivity contribution in [3.05, 3.63) is 36.0 Å². The van der Waals surface area contributed by atoms with Crippen molar-refractivity contribution >= 4 is 44.9 Å². The second kappa shape index (κ2) is 6.93. The molecular formula is C15H16N4OS2. The number of aromatic nitrogens is 3. The molecule has 0 aliphatic heterocycles. The lowest BCUT2D eigenvalue weighted by atomic mass is 10.1. The van der Waals surface area contributed by atoms with E-state index in [0.717, 1.165) is 38.9 Å². The van der Waals surface area contributed by atoms with Gasteiger partial charge in [-0.1, -0.05) is 48.2 Å². The van der Waals surface area contributed by atoms with Gasteiger partial charge in [-0.15, -0.1) is 10.2 Å². The lowest BCUT2D eigenvalue weighted by Gasteiger charge is -1.97. The Morgan fingerprint density at radius 1 is 1.36 bits per heavy atom. The predicted molar refractivity (Wildman–Crippen MR) is 92.0 cm³/mol. The Balaban J connectivity index is 1.63. The summed E-state index contributed by atoms with van der Waals surface area (Å²) in [4.78, 5) is 15.5. The minimum atomic E-state index is 0.0979. The number of anilines is 1. The Kier molecular flexibility index (Phi) is 4.74. The van der Waals surface area contributed by atoms with E-state index < -0.39 is 0 Å². The van der Waals surface area contributed by atoms with E-state index in [9.17, 15) is 4.79 Å². The zero-order valence-corrected chi connectivity index (χ0v) is 13.8. The zero-order valence-electron chi connectivity index (χ0n) is 12.1. The summed E-state index contributed by atoms with van der Waals surface area (Å²) in [5.41, 5.74) is 1.72. The highest BCUT2D eigenvalue weighted by atomic mass is 32.2. The van der Waals surface area contributed by atoms with Crippen molar-refractivity contribution in [1.29, 1.82) is 0 Å². The van der Waals surface area contributed by atoms with Crippen molar-refractivity contribution in [3.8, 4) is 0 Å². The fourth-order valence-corrected chi connectivity index (χ4v) is 3.74. The summed E-state index contributed by atoms with van der Waals surface area (Å²) in [6, 6.07) is 7.82. The van der Waals surface area contributed by atoms with E-state index in [1.807, 2.05) is 24.3 Å². The first-order chi connectivity index (χ1) is 10.8. The molecule has 114 valence electrons. The second-order valence-electron chi connectivity index (χ2n) is 4.76. The molecule has 0 saturated heterocycles. The third-order valence-corrected chi connectivity index (χ3v) is 5.16. The molecule has 0 atom stereocenters. The highest BCUT2D eigenvalue weighted by Gasteiger charge is 2.13. The van der Waals surface area contributed by atoms with E-state index >= 15 is 0 Å². The van der Waals surface area contributed by atoms with E-state index in [1.54, 1.807) is 6.20 Å². The molecule has 1 aromatic carbocycles. The van der Waals surface area contributed by atoms with Crippen LogP contribution in [0, 0.1) is 0 Å². The van der Waals surface area contributed by atoms with Gasteiger partial charge in [0.2, 0.25) is 5.13 Å². The zero-order chi connectivity index (χ0) is 15.4. The minimum absolute atomic E-state index is 0.0979. The summed E-state index contributed by atoms with van der Waals surface area (Å²) < 4.78 is 0.812. The number of H-pyrrole nitrogens is 1. The quantitative estimate of drug-likeness (QED) is 0.508. The normalized spacial score (nSPS) is 11.0. The second-order valence-corrected chi connectivity index (χ2v) is 6.96. The number of hydrogen-bond acceptors (Lipinski definition) is 6. The number of hydrogen-bond donors (Lipinski definition) is 2. The number of Topliss-reactive ketones (excluding diaryl/α,β-unsaturated/α-hetero) is 1. The number of carbonyl (C=O) groups is 1. The van der Waals surface area contributed by atoms with Crippen LogP contribution >= 0.6 is 23.1 Å². The summed E-state index contributed by atoms with van der Waals surface area (Å²) in [5.74, 6) is 0.463. The number of fused-ring (bicyclic) bond motifs is 1. The van der Waals surface area contributed by atoms with Crippen molar-refractivity contribution < 1.29 is 4.79 Å². The maximum absolute atomic E-state index is 12.4. The first kappa shape index (κ1) is 15.1. The number of rotatable bonds is 7. The molecule has 3 aromatic rings. The average molecular weight is 332 g/mol. The van der Waals surface area contributed by atoms with Crippen LogP contribution in [-0.2, 0) is 0 Å². The van der Waals surface area contributed by atoms with Gasteiger partial charge in [0.15, 0.2) is 10.1 Å². The third kappa shape index (κ3) is 3.31. The topological polar surface area (TPSA) is 70.7 Å². The van der Waals surface area contributed by atoms with Gasteiger partial charge in [0.1, 0.15) is 0 Å². The first-order valence-corrected chi connectivity index (χ1v) is 8.87. The molecular weight excluding hydrogens is 316 g/mol. The number of ketones is 1. The largest absolute Gasteiger partial charge is 0.360 e. The number of nitrogens with zero attached hydrogens (tertiary/aromatic N) is 2. The average Bonchev–Trinajstić information content (AvgIpc) is 3.17. The minimum Gasteiger partial charge on any atom is -0.360 e. The van der Waals surface area contributed by atoms with Crippen molar-refractivity contribution in [2.75, 3.05) is 17.6 Å². The molecule has 0 fully saturated rings. The molecule has 3 rings (SSSR count). The Morgan fingerprint density at radius 2 is 2.23 bits per heavy atom. The van der Waals surface area contributed by atoms with Crippen molar-refractivity contribution in [3.63, 3.8) is 0 Å². The van der Waals surface area contributed by atoms with Gasteiger partial charge < -0.3 is 10.3 Å². The lowest BCUT2D eigenvalue weighted by Crippen LogP contribution is -2.01.